The summed E-state index contributed by atoms with van der Waals surface area (Å²) in [6.07, 6.45) is 0.918. The van der Waals surface area contributed by atoms with Crippen molar-refractivity contribution in [2.24, 2.45) is 0 Å². The molecule has 2 aromatic heterocycles. The number of hydrogen-bond acceptors (Lipinski definition) is 4. The summed E-state index contributed by atoms with van der Waals surface area (Å²) >= 11 is 1.63. The monoisotopic (exact) mass is 370 g/mol. The summed E-state index contributed by atoms with van der Waals surface area (Å²) in [6, 6.07) is 9.64. The van der Waals surface area contributed by atoms with Crippen LogP contribution >= 0.6 is 11.3 Å². The summed E-state index contributed by atoms with van der Waals surface area (Å²) in [7, 11) is 1.35. The van der Waals surface area contributed by atoms with Crippen LogP contribution in [-0.4, -0.2) is 23.6 Å². The number of fused-ring (bicyclic) bond motifs is 1. The predicted octanol–water partition coefficient (Wildman–Crippen LogP) is 4.31. The highest BCUT2D eigenvalue weighted by Gasteiger charge is 2.20. The van der Waals surface area contributed by atoms with E-state index in [2.05, 4.69) is 12.2 Å². The lowest BCUT2D eigenvalue weighted by Gasteiger charge is -2.11. The van der Waals surface area contributed by atoms with Gasteiger partial charge in [0.15, 0.2) is 0 Å². The largest absolute Gasteiger partial charge is 0.464 e. The summed E-state index contributed by atoms with van der Waals surface area (Å²) in [5, 5.41) is 2.91. The smallest absolute Gasteiger partial charge is 0.354 e. The summed E-state index contributed by atoms with van der Waals surface area (Å²) in [4.78, 5) is 25.9. The third-order valence-electron chi connectivity index (χ3n) is 4.48. The van der Waals surface area contributed by atoms with Crippen LogP contribution in [0.25, 0.3) is 10.2 Å². The van der Waals surface area contributed by atoms with Crippen LogP contribution in [0.3, 0.4) is 0 Å². The molecule has 0 atom stereocenters. The van der Waals surface area contributed by atoms with E-state index in [1.54, 1.807) is 22.0 Å². The van der Waals surface area contributed by atoms with Gasteiger partial charge in [0.05, 0.1) is 17.3 Å². The van der Waals surface area contributed by atoms with Crippen LogP contribution < -0.4 is 5.32 Å². The fourth-order valence-electron chi connectivity index (χ4n) is 2.87. The number of anilines is 1. The first-order valence-electron chi connectivity index (χ1n) is 8.50. The number of carbonyl (C=O) groups is 2. The van der Waals surface area contributed by atoms with E-state index in [4.69, 9.17) is 4.74 Å². The Balaban J connectivity index is 1.90. The Labute approximate surface area is 156 Å². The first-order chi connectivity index (χ1) is 12.4. The molecule has 1 aromatic carbocycles. The second kappa shape index (κ2) is 7.33. The summed E-state index contributed by atoms with van der Waals surface area (Å²) in [5.74, 6) is -0.620. The number of ether oxygens (including phenoxy) is 1. The van der Waals surface area contributed by atoms with Crippen molar-refractivity contribution in [2.45, 2.75) is 33.7 Å². The van der Waals surface area contributed by atoms with Gasteiger partial charge in [-0.2, -0.15) is 0 Å². The molecular weight excluding hydrogens is 348 g/mol. The Morgan fingerprint density at radius 1 is 1.15 bits per heavy atom. The molecule has 1 amide bonds. The minimum Gasteiger partial charge on any atom is -0.464 e. The van der Waals surface area contributed by atoms with Gasteiger partial charge in [-0.05, 0) is 55.7 Å². The van der Waals surface area contributed by atoms with E-state index >= 15 is 0 Å². The second-order valence-electron chi connectivity index (χ2n) is 6.27. The van der Waals surface area contributed by atoms with Crippen molar-refractivity contribution in [2.75, 3.05) is 12.4 Å². The lowest BCUT2D eigenvalue weighted by molar-refractivity contribution is -0.116. The molecule has 0 aliphatic rings. The third kappa shape index (κ3) is 3.51. The normalized spacial score (nSPS) is 10.9. The van der Waals surface area contributed by atoms with Gasteiger partial charge < -0.3 is 14.6 Å². The average molecular weight is 370 g/mol. The van der Waals surface area contributed by atoms with E-state index in [1.807, 2.05) is 38.1 Å². The summed E-state index contributed by atoms with van der Waals surface area (Å²) < 4.78 is 7.59. The molecule has 6 heteroatoms. The number of nitrogens with zero attached hydrogens (tertiary/aromatic N) is 1. The van der Waals surface area contributed by atoms with E-state index in [0.29, 0.717) is 5.69 Å². The van der Waals surface area contributed by atoms with Crippen LogP contribution in [0.1, 0.15) is 33.4 Å². The van der Waals surface area contributed by atoms with Crippen LogP contribution in [0.2, 0.25) is 0 Å². The van der Waals surface area contributed by atoms with Gasteiger partial charge >= 0.3 is 5.97 Å². The number of aryl methyl sites for hydroxylation is 3. The van der Waals surface area contributed by atoms with Crippen LogP contribution in [0, 0.1) is 13.8 Å². The number of amides is 1. The molecule has 0 bridgehead atoms. The van der Waals surface area contributed by atoms with E-state index in [0.717, 1.165) is 27.9 Å². The number of rotatable bonds is 5. The van der Waals surface area contributed by atoms with Gasteiger partial charge in [0, 0.05) is 10.6 Å². The lowest BCUT2D eigenvalue weighted by Crippen LogP contribution is -2.21. The maximum atomic E-state index is 12.6. The molecule has 0 radical (unpaired) electrons. The number of aromatic nitrogens is 1. The van der Waals surface area contributed by atoms with Gasteiger partial charge in [-0.15, -0.1) is 11.3 Å². The molecule has 0 unspecified atom stereocenters. The Morgan fingerprint density at radius 2 is 1.92 bits per heavy atom. The number of esters is 1. The van der Waals surface area contributed by atoms with Gasteiger partial charge in [0.2, 0.25) is 5.91 Å². The number of hydrogen-bond donors (Lipinski definition) is 1. The quantitative estimate of drug-likeness (QED) is 0.681. The van der Waals surface area contributed by atoms with Crippen molar-refractivity contribution in [3.8, 4) is 0 Å². The summed E-state index contributed by atoms with van der Waals surface area (Å²) in [5.41, 5.74) is 4.33. The molecule has 1 N–H and O–H groups in total. The van der Waals surface area contributed by atoms with Crippen LogP contribution in [-0.2, 0) is 22.5 Å². The molecule has 2 heterocycles. The van der Waals surface area contributed by atoms with E-state index in [1.165, 1.54) is 17.6 Å². The van der Waals surface area contributed by atoms with E-state index in [-0.39, 0.29) is 12.5 Å². The molecule has 0 aliphatic heterocycles. The van der Waals surface area contributed by atoms with Crippen LogP contribution in [0.5, 0.6) is 0 Å². The number of methoxy groups -OCH3 is 1. The molecular formula is C20H22N2O3S. The van der Waals surface area contributed by atoms with Crippen molar-refractivity contribution >= 4 is 39.1 Å². The molecule has 0 fully saturated rings. The third-order valence-corrected chi connectivity index (χ3v) is 5.69. The van der Waals surface area contributed by atoms with E-state index < -0.39 is 5.97 Å². The summed E-state index contributed by atoms with van der Waals surface area (Å²) in [6.45, 7) is 6.18. The molecule has 136 valence electrons. The first kappa shape index (κ1) is 18.2. The molecule has 0 aliphatic carbocycles. The highest BCUT2D eigenvalue weighted by molar-refractivity contribution is 7.19. The van der Waals surface area contributed by atoms with Gasteiger partial charge in [-0.25, -0.2) is 4.79 Å². The molecule has 5 nitrogen and oxygen atoms in total. The zero-order valence-electron chi connectivity index (χ0n) is 15.4. The molecule has 0 saturated heterocycles. The first-order valence-corrected chi connectivity index (χ1v) is 9.32. The number of benzene rings is 1. The van der Waals surface area contributed by atoms with Crippen molar-refractivity contribution in [1.29, 1.82) is 0 Å². The lowest BCUT2D eigenvalue weighted by atomic mass is 10.1. The Kier molecular flexibility index (Phi) is 5.13. The molecule has 0 saturated carbocycles. The maximum absolute atomic E-state index is 12.6. The average Bonchev–Trinajstić information content (AvgIpc) is 3.16. The van der Waals surface area contributed by atoms with E-state index in [9.17, 15) is 9.59 Å². The Hall–Kier alpha value is -2.60. The van der Waals surface area contributed by atoms with Crippen LogP contribution in [0.4, 0.5) is 5.69 Å². The molecule has 3 rings (SSSR count). The minimum atomic E-state index is -0.439. The van der Waals surface area contributed by atoms with Gasteiger partial charge in [0.1, 0.15) is 12.2 Å². The Morgan fingerprint density at radius 3 is 2.58 bits per heavy atom. The zero-order chi connectivity index (χ0) is 18.8. The molecule has 0 spiro atoms. The standard InChI is InChI=1S/C20H22N2O3S/c1-5-15-9-16-18(26-15)10-17(20(24)25-4)22(16)11-19(23)21-14-7-6-12(2)13(3)8-14/h6-10H,5,11H2,1-4H3,(H,21,23). The Bertz CT molecular complexity index is 985. The van der Waals surface area contributed by atoms with Crippen molar-refractivity contribution < 1.29 is 14.3 Å². The van der Waals surface area contributed by atoms with Crippen LogP contribution in [0.15, 0.2) is 30.3 Å². The number of nitrogens with one attached hydrogen (secondary N) is 1. The molecule has 3 aromatic rings. The number of carbonyl (C=O) groups excluding carboxylic acids is 2. The minimum absolute atomic E-state index is 0.0563. The fraction of sp³-hybridized carbons (Fsp3) is 0.300. The maximum Gasteiger partial charge on any atom is 0.354 e. The molecule has 26 heavy (non-hydrogen) atoms. The number of thiophene rings is 1. The highest BCUT2D eigenvalue weighted by atomic mass is 32.1. The van der Waals surface area contributed by atoms with Crippen molar-refractivity contribution in [1.82, 2.24) is 4.57 Å². The highest BCUT2D eigenvalue weighted by Crippen LogP contribution is 2.30. The van der Waals surface area contributed by atoms with Crippen molar-refractivity contribution in [3.05, 3.63) is 52.0 Å². The van der Waals surface area contributed by atoms with Crippen molar-refractivity contribution in [3.63, 3.8) is 0 Å². The van der Waals surface area contributed by atoms with Gasteiger partial charge in [-0.1, -0.05) is 13.0 Å². The SMILES string of the molecule is CCc1cc2c(cc(C(=O)OC)n2CC(=O)Nc2ccc(C)c(C)c2)s1. The fourth-order valence-corrected chi connectivity index (χ4v) is 3.92. The predicted molar refractivity (Wildman–Crippen MR) is 105 cm³/mol. The zero-order valence-corrected chi connectivity index (χ0v) is 16.2. The van der Waals surface area contributed by atoms with Gasteiger partial charge in [0.25, 0.3) is 0 Å². The van der Waals surface area contributed by atoms with Gasteiger partial charge in [-0.3, -0.25) is 4.79 Å². The topological polar surface area (TPSA) is 60.3 Å². The second-order valence-corrected chi connectivity index (χ2v) is 7.44.